The van der Waals surface area contributed by atoms with Crippen molar-refractivity contribution in [1.29, 1.82) is 0 Å². The third-order valence-electron chi connectivity index (χ3n) is 4.40. The van der Waals surface area contributed by atoms with E-state index in [0.29, 0.717) is 17.6 Å². The van der Waals surface area contributed by atoms with Gasteiger partial charge in [-0.05, 0) is 50.2 Å². The molecule has 2 saturated carbocycles. The molecule has 0 amide bonds. The summed E-state index contributed by atoms with van der Waals surface area (Å²) in [5.41, 5.74) is -3.76. The van der Waals surface area contributed by atoms with Crippen LogP contribution in [0.25, 0.3) is 0 Å². The van der Waals surface area contributed by atoms with Crippen molar-refractivity contribution < 1.29 is 32.2 Å². The summed E-state index contributed by atoms with van der Waals surface area (Å²) >= 11 is 0. The van der Waals surface area contributed by atoms with Crippen LogP contribution in [0, 0.1) is 11.8 Å². The molecule has 2 aliphatic rings. The first kappa shape index (κ1) is 15.4. The summed E-state index contributed by atoms with van der Waals surface area (Å²) < 4.78 is 49.2. The van der Waals surface area contributed by atoms with E-state index >= 15 is 0 Å². The van der Waals surface area contributed by atoms with Crippen molar-refractivity contribution >= 4 is 5.97 Å². The molecule has 22 heavy (non-hydrogen) atoms. The van der Waals surface area contributed by atoms with Crippen LogP contribution in [0.3, 0.4) is 0 Å². The van der Waals surface area contributed by atoms with Crippen LogP contribution in [-0.4, -0.2) is 23.9 Å². The SMILES string of the molecule is CCOC(=O)[C@](O)(c1ccc([C@H]2C[C@H]2C2CC2)o1)C(F)(F)F. The molecule has 1 aromatic rings. The highest BCUT2D eigenvalue weighted by atomic mass is 19.4. The third-order valence-corrected chi connectivity index (χ3v) is 4.40. The van der Waals surface area contributed by atoms with E-state index in [1.165, 1.54) is 13.0 Å². The Kier molecular flexibility index (Phi) is 3.51. The number of furan rings is 1. The summed E-state index contributed by atoms with van der Waals surface area (Å²) in [7, 11) is 0. The molecule has 1 N–H and O–H groups in total. The topological polar surface area (TPSA) is 59.7 Å². The number of carbonyl (C=O) groups is 1. The van der Waals surface area contributed by atoms with Crippen molar-refractivity contribution in [3.63, 3.8) is 0 Å². The lowest BCUT2D eigenvalue weighted by Crippen LogP contribution is -2.50. The molecule has 0 aromatic carbocycles. The van der Waals surface area contributed by atoms with Gasteiger partial charge in [-0.25, -0.2) is 4.79 Å². The fraction of sp³-hybridized carbons (Fsp3) is 0.667. The highest BCUT2D eigenvalue weighted by Gasteiger charge is 2.64. The molecule has 4 nitrogen and oxygen atoms in total. The molecular formula is C15H17F3O4. The van der Waals surface area contributed by atoms with Gasteiger partial charge in [-0.3, -0.25) is 0 Å². The first-order valence-corrected chi connectivity index (χ1v) is 7.35. The molecule has 0 spiro atoms. The number of hydrogen-bond acceptors (Lipinski definition) is 4. The maximum Gasteiger partial charge on any atom is 0.435 e. The summed E-state index contributed by atoms with van der Waals surface area (Å²) in [5, 5.41) is 9.93. The first-order chi connectivity index (χ1) is 10.3. The van der Waals surface area contributed by atoms with Gasteiger partial charge in [0, 0.05) is 5.92 Å². The number of halogens is 3. The molecule has 2 aliphatic carbocycles. The van der Waals surface area contributed by atoms with Crippen LogP contribution in [0.15, 0.2) is 16.5 Å². The van der Waals surface area contributed by atoms with E-state index in [1.54, 1.807) is 0 Å². The first-order valence-electron chi connectivity index (χ1n) is 7.35. The summed E-state index contributed by atoms with van der Waals surface area (Å²) in [4.78, 5) is 11.6. The average Bonchev–Trinajstić information content (AvgIpc) is 3.33. The van der Waals surface area contributed by atoms with E-state index in [1.807, 2.05) is 0 Å². The molecule has 2 fully saturated rings. The zero-order valence-electron chi connectivity index (χ0n) is 12.0. The Hall–Kier alpha value is -1.50. The molecule has 1 heterocycles. The Labute approximate surface area is 125 Å². The number of alkyl halides is 3. The van der Waals surface area contributed by atoms with Gasteiger partial charge < -0.3 is 14.3 Å². The lowest BCUT2D eigenvalue weighted by atomic mass is 10.0. The summed E-state index contributed by atoms with van der Waals surface area (Å²) in [6.07, 6.45) is -2.01. The van der Waals surface area contributed by atoms with Crippen LogP contribution in [0.5, 0.6) is 0 Å². The Balaban J connectivity index is 1.85. The predicted molar refractivity (Wildman–Crippen MR) is 68.9 cm³/mol. The molecule has 0 aliphatic heterocycles. The summed E-state index contributed by atoms with van der Waals surface area (Å²) in [5.74, 6) is -0.988. The highest BCUT2D eigenvalue weighted by Crippen LogP contribution is 2.59. The van der Waals surface area contributed by atoms with Crippen molar-refractivity contribution in [2.45, 2.75) is 43.9 Å². The quantitative estimate of drug-likeness (QED) is 0.848. The van der Waals surface area contributed by atoms with Crippen molar-refractivity contribution in [1.82, 2.24) is 0 Å². The van der Waals surface area contributed by atoms with E-state index < -0.39 is 23.5 Å². The Morgan fingerprint density at radius 1 is 1.41 bits per heavy atom. The monoisotopic (exact) mass is 318 g/mol. The maximum atomic E-state index is 13.2. The lowest BCUT2D eigenvalue weighted by Gasteiger charge is -2.25. The molecule has 7 heteroatoms. The predicted octanol–water partition coefficient (Wildman–Crippen LogP) is 3.11. The third kappa shape index (κ3) is 2.41. The second-order valence-corrected chi connectivity index (χ2v) is 5.97. The minimum atomic E-state index is -5.21. The molecule has 0 unspecified atom stereocenters. The molecule has 3 atom stereocenters. The van der Waals surface area contributed by atoms with Crippen LogP contribution in [0.2, 0.25) is 0 Å². The Morgan fingerprint density at radius 3 is 2.64 bits per heavy atom. The molecule has 0 saturated heterocycles. The van der Waals surface area contributed by atoms with Crippen molar-refractivity contribution in [2.24, 2.45) is 11.8 Å². The van der Waals surface area contributed by atoms with Crippen molar-refractivity contribution in [3.05, 3.63) is 23.7 Å². The van der Waals surface area contributed by atoms with E-state index in [0.717, 1.165) is 25.3 Å². The largest absolute Gasteiger partial charge is 0.463 e. The van der Waals surface area contributed by atoms with Crippen LogP contribution < -0.4 is 0 Å². The van der Waals surface area contributed by atoms with Crippen LogP contribution in [-0.2, 0) is 15.1 Å². The van der Waals surface area contributed by atoms with E-state index in [9.17, 15) is 23.1 Å². The number of ether oxygens (including phenoxy) is 1. The molecule has 122 valence electrons. The van der Waals surface area contributed by atoms with Gasteiger partial charge in [0.2, 0.25) is 0 Å². The van der Waals surface area contributed by atoms with E-state index in [4.69, 9.17) is 4.42 Å². The van der Waals surface area contributed by atoms with Gasteiger partial charge in [0.05, 0.1) is 6.61 Å². The fourth-order valence-corrected chi connectivity index (χ4v) is 2.93. The van der Waals surface area contributed by atoms with E-state index in [-0.39, 0.29) is 12.5 Å². The molecule has 1 aromatic heterocycles. The normalized spacial score (nSPS) is 27.3. The zero-order chi connectivity index (χ0) is 16.1. The van der Waals surface area contributed by atoms with Gasteiger partial charge in [-0.15, -0.1) is 0 Å². The second kappa shape index (κ2) is 5.01. The van der Waals surface area contributed by atoms with Gasteiger partial charge >= 0.3 is 17.7 Å². The fourth-order valence-electron chi connectivity index (χ4n) is 2.93. The maximum absolute atomic E-state index is 13.2. The smallest absolute Gasteiger partial charge is 0.435 e. The van der Waals surface area contributed by atoms with Gasteiger partial charge in [0.25, 0.3) is 0 Å². The van der Waals surface area contributed by atoms with Crippen LogP contribution in [0.1, 0.15) is 43.6 Å². The van der Waals surface area contributed by atoms with Crippen LogP contribution >= 0.6 is 0 Å². The average molecular weight is 318 g/mol. The van der Waals surface area contributed by atoms with E-state index in [2.05, 4.69) is 4.74 Å². The number of esters is 1. The van der Waals surface area contributed by atoms with Gasteiger partial charge in [-0.1, -0.05) is 0 Å². The molecule has 0 bridgehead atoms. The number of aliphatic hydroxyl groups is 1. The second-order valence-electron chi connectivity index (χ2n) is 5.97. The minimum Gasteiger partial charge on any atom is -0.463 e. The molecule has 0 radical (unpaired) electrons. The van der Waals surface area contributed by atoms with Crippen molar-refractivity contribution in [3.8, 4) is 0 Å². The van der Waals surface area contributed by atoms with Gasteiger partial charge in [-0.2, -0.15) is 13.2 Å². The van der Waals surface area contributed by atoms with Crippen LogP contribution in [0.4, 0.5) is 13.2 Å². The lowest BCUT2D eigenvalue weighted by molar-refractivity contribution is -0.272. The summed E-state index contributed by atoms with van der Waals surface area (Å²) in [6.45, 7) is 1.10. The zero-order valence-corrected chi connectivity index (χ0v) is 12.0. The minimum absolute atomic E-state index is 0.0981. The number of hydrogen-bond donors (Lipinski definition) is 1. The number of rotatable bonds is 5. The molecule has 3 rings (SSSR count). The van der Waals surface area contributed by atoms with Gasteiger partial charge in [0.1, 0.15) is 5.76 Å². The highest BCUT2D eigenvalue weighted by molar-refractivity contribution is 5.81. The van der Waals surface area contributed by atoms with Gasteiger partial charge in [0.15, 0.2) is 5.76 Å². The van der Waals surface area contributed by atoms with Crippen molar-refractivity contribution in [2.75, 3.05) is 6.61 Å². The summed E-state index contributed by atoms with van der Waals surface area (Å²) in [6, 6.07) is 2.43. The number of carbonyl (C=O) groups excluding carboxylic acids is 1. The Morgan fingerprint density at radius 2 is 2.09 bits per heavy atom. The Bertz CT molecular complexity index is 576. The standard InChI is InChI=1S/C15H17F3O4/c1-2-21-13(19)14(20,15(16,17)18)12-6-5-11(22-12)10-7-9(10)8-3-4-8/h5-6,8-10,20H,2-4,7H2,1H3/t9-,10-,14+/m0/s1. The molecular weight excluding hydrogens is 301 g/mol.